The Labute approximate surface area is 180 Å². The first-order valence-corrected chi connectivity index (χ1v) is 10.9. The number of carbonyl (C=O) groups excluding carboxylic acids is 2. The number of urea groups is 1. The van der Waals surface area contributed by atoms with Gasteiger partial charge in [0.05, 0.1) is 23.8 Å². The number of carbonyl (C=O) groups is 2. The zero-order valence-corrected chi connectivity index (χ0v) is 17.8. The van der Waals surface area contributed by atoms with Crippen molar-refractivity contribution in [3.63, 3.8) is 0 Å². The molecule has 8 nitrogen and oxygen atoms in total. The lowest BCUT2D eigenvalue weighted by Gasteiger charge is -2.44. The Hall–Kier alpha value is -2.94. The molecule has 0 saturated carbocycles. The number of H-pyrrole nitrogens is 1. The van der Waals surface area contributed by atoms with Crippen molar-refractivity contribution in [1.82, 2.24) is 24.9 Å². The molecule has 0 radical (unpaired) electrons. The summed E-state index contributed by atoms with van der Waals surface area (Å²) in [5.41, 5.74) is 1.54. The predicted octanol–water partition coefficient (Wildman–Crippen LogP) is 2.97. The van der Waals surface area contributed by atoms with Gasteiger partial charge in [0, 0.05) is 30.7 Å². The van der Waals surface area contributed by atoms with Crippen LogP contribution >= 0.6 is 0 Å². The molecule has 1 unspecified atom stereocenters. The number of nitrogens with one attached hydrogen (secondary N) is 2. The van der Waals surface area contributed by atoms with Gasteiger partial charge in [-0.3, -0.25) is 14.8 Å². The van der Waals surface area contributed by atoms with E-state index < -0.39 is 11.7 Å². The zero-order chi connectivity index (χ0) is 21.7. The number of aromatic nitrogens is 2. The van der Waals surface area contributed by atoms with Crippen LogP contribution in [-0.4, -0.2) is 68.6 Å². The average molecular weight is 426 g/mol. The summed E-state index contributed by atoms with van der Waals surface area (Å²) in [4.78, 5) is 32.3. The summed E-state index contributed by atoms with van der Waals surface area (Å²) in [7, 11) is 0. The number of benzene rings is 1. The van der Waals surface area contributed by atoms with E-state index in [0.717, 1.165) is 37.3 Å². The molecule has 164 valence electrons. The number of hydrogen-bond donors (Lipinski definition) is 2. The van der Waals surface area contributed by atoms with Crippen LogP contribution in [0.5, 0.6) is 0 Å². The van der Waals surface area contributed by atoms with Gasteiger partial charge in [-0.1, -0.05) is 12.1 Å². The molecule has 3 aliphatic heterocycles. The lowest BCUT2D eigenvalue weighted by atomic mass is 10.1. The van der Waals surface area contributed by atoms with Crippen molar-refractivity contribution >= 4 is 17.8 Å². The summed E-state index contributed by atoms with van der Waals surface area (Å²) in [6.45, 7) is 7.21. The molecule has 5 rings (SSSR count). The SMILES string of the molecule is CC1c2[nH]nc(NC(=O)c3ccccc3F)c2CN1C(=O)N1C[C@@H]2CCCN2C[C@@H]1C. The standard InChI is InChI=1S/C22H27FN6O2/c1-13-10-27-9-5-6-15(27)11-28(13)22(31)29-12-17-19(14(29)2)25-26-20(17)24-21(30)16-7-3-4-8-18(16)23/h3-4,7-8,13-15H,5-6,9-12H2,1-2H3,(H2,24,25,26,30)/t13-,14?,15-/m0/s1. The molecule has 2 saturated heterocycles. The molecule has 2 N–H and O–H groups in total. The highest BCUT2D eigenvalue weighted by molar-refractivity contribution is 6.04. The first-order chi connectivity index (χ1) is 14.9. The van der Waals surface area contributed by atoms with Crippen LogP contribution in [0.1, 0.15) is 54.3 Å². The van der Waals surface area contributed by atoms with E-state index in [-0.39, 0.29) is 23.7 Å². The van der Waals surface area contributed by atoms with E-state index in [1.165, 1.54) is 24.6 Å². The Balaban J connectivity index is 1.32. The maximum atomic E-state index is 14.0. The fraction of sp³-hybridized carbons (Fsp3) is 0.500. The van der Waals surface area contributed by atoms with Gasteiger partial charge in [0.1, 0.15) is 5.82 Å². The zero-order valence-electron chi connectivity index (χ0n) is 17.8. The Morgan fingerprint density at radius 1 is 1.19 bits per heavy atom. The van der Waals surface area contributed by atoms with Crippen molar-refractivity contribution in [2.75, 3.05) is 25.0 Å². The van der Waals surface area contributed by atoms with Crippen molar-refractivity contribution in [2.45, 2.75) is 51.4 Å². The number of fused-ring (bicyclic) bond motifs is 2. The molecule has 3 atom stereocenters. The van der Waals surface area contributed by atoms with E-state index in [2.05, 4.69) is 27.3 Å². The lowest BCUT2D eigenvalue weighted by molar-refractivity contribution is 0.0580. The Morgan fingerprint density at radius 2 is 2.00 bits per heavy atom. The minimum atomic E-state index is -0.586. The van der Waals surface area contributed by atoms with Crippen molar-refractivity contribution in [2.24, 2.45) is 0 Å². The molecular weight excluding hydrogens is 399 g/mol. The highest BCUT2D eigenvalue weighted by atomic mass is 19.1. The van der Waals surface area contributed by atoms with E-state index in [4.69, 9.17) is 0 Å². The van der Waals surface area contributed by atoms with Crippen LogP contribution in [0.3, 0.4) is 0 Å². The molecule has 31 heavy (non-hydrogen) atoms. The predicted molar refractivity (Wildman–Crippen MR) is 113 cm³/mol. The summed E-state index contributed by atoms with van der Waals surface area (Å²) in [6, 6.07) is 6.28. The second-order valence-corrected chi connectivity index (χ2v) is 8.78. The van der Waals surface area contributed by atoms with Gasteiger partial charge >= 0.3 is 6.03 Å². The van der Waals surface area contributed by atoms with Gasteiger partial charge in [0.2, 0.25) is 0 Å². The van der Waals surface area contributed by atoms with Gasteiger partial charge in [-0.2, -0.15) is 5.10 Å². The number of nitrogens with zero attached hydrogens (tertiary/aromatic N) is 4. The second kappa shape index (κ2) is 7.64. The molecular formula is C22H27FN6O2. The summed E-state index contributed by atoms with van der Waals surface area (Å²) in [5.74, 6) is -0.799. The number of piperazine rings is 1. The van der Waals surface area contributed by atoms with Crippen LogP contribution in [0.25, 0.3) is 0 Å². The largest absolute Gasteiger partial charge is 0.321 e. The quantitative estimate of drug-likeness (QED) is 0.773. The maximum Gasteiger partial charge on any atom is 0.321 e. The number of amides is 3. The number of rotatable bonds is 2. The van der Waals surface area contributed by atoms with Crippen LogP contribution < -0.4 is 5.32 Å². The topological polar surface area (TPSA) is 84.6 Å². The van der Waals surface area contributed by atoms with Crippen LogP contribution in [0.15, 0.2) is 24.3 Å². The molecule has 0 bridgehead atoms. The third kappa shape index (κ3) is 3.37. The van der Waals surface area contributed by atoms with Crippen LogP contribution in [0, 0.1) is 5.82 Å². The third-order valence-corrected chi connectivity index (χ3v) is 6.89. The fourth-order valence-corrected chi connectivity index (χ4v) is 5.12. The lowest BCUT2D eigenvalue weighted by Crippen LogP contribution is -2.59. The molecule has 3 amide bonds. The first kappa shape index (κ1) is 20.0. The molecule has 4 heterocycles. The number of hydrogen-bond acceptors (Lipinski definition) is 4. The highest BCUT2D eigenvalue weighted by Gasteiger charge is 2.42. The molecule has 2 aromatic rings. The first-order valence-electron chi connectivity index (χ1n) is 10.9. The summed E-state index contributed by atoms with van der Waals surface area (Å²) in [5, 5.41) is 9.87. The number of halogens is 1. The molecule has 3 aliphatic rings. The smallest absolute Gasteiger partial charge is 0.319 e. The van der Waals surface area contributed by atoms with Gasteiger partial charge in [0.25, 0.3) is 5.91 Å². The normalized spacial score (nSPS) is 25.5. The number of aromatic amines is 1. The Bertz CT molecular complexity index is 1020. The number of anilines is 1. The van der Waals surface area contributed by atoms with E-state index in [9.17, 15) is 14.0 Å². The van der Waals surface area contributed by atoms with Crippen LogP contribution in [0.4, 0.5) is 15.0 Å². The van der Waals surface area contributed by atoms with Gasteiger partial charge < -0.3 is 15.1 Å². The van der Waals surface area contributed by atoms with Crippen LogP contribution in [-0.2, 0) is 6.54 Å². The second-order valence-electron chi connectivity index (χ2n) is 8.78. The van der Waals surface area contributed by atoms with E-state index in [0.29, 0.717) is 18.4 Å². The van der Waals surface area contributed by atoms with Crippen molar-refractivity contribution in [3.05, 3.63) is 46.9 Å². The Morgan fingerprint density at radius 3 is 2.81 bits per heavy atom. The van der Waals surface area contributed by atoms with Gasteiger partial charge in [-0.15, -0.1) is 0 Å². The van der Waals surface area contributed by atoms with Crippen molar-refractivity contribution < 1.29 is 14.0 Å². The molecule has 2 fully saturated rings. The minimum absolute atomic E-state index is 0.0162. The van der Waals surface area contributed by atoms with Crippen molar-refractivity contribution in [3.8, 4) is 0 Å². The molecule has 0 aliphatic carbocycles. The van der Waals surface area contributed by atoms with E-state index >= 15 is 0 Å². The van der Waals surface area contributed by atoms with Gasteiger partial charge in [0.15, 0.2) is 5.82 Å². The molecule has 9 heteroatoms. The maximum absolute atomic E-state index is 14.0. The molecule has 1 aromatic heterocycles. The van der Waals surface area contributed by atoms with Gasteiger partial charge in [-0.25, -0.2) is 9.18 Å². The third-order valence-electron chi connectivity index (χ3n) is 6.89. The summed E-state index contributed by atoms with van der Waals surface area (Å²) < 4.78 is 14.0. The average Bonchev–Trinajstić information content (AvgIpc) is 3.44. The fourth-order valence-electron chi connectivity index (χ4n) is 5.12. The summed E-state index contributed by atoms with van der Waals surface area (Å²) >= 11 is 0. The molecule has 0 spiro atoms. The Kier molecular flexibility index (Phi) is 4.92. The van der Waals surface area contributed by atoms with E-state index in [1.807, 2.05) is 16.7 Å². The minimum Gasteiger partial charge on any atom is -0.319 e. The highest BCUT2D eigenvalue weighted by Crippen LogP contribution is 2.37. The van der Waals surface area contributed by atoms with Crippen LogP contribution in [0.2, 0.25) is 0 Å². The monoisotopic (exact) mass is 426 g/mol. The van der Waals surface area contributed by atoms with Gasteiger partial charge in [-0.05, 0) is 45.4 Å². The molecule has 1 aromatic carbocycles. The summed E-state index contributed by atoms with van der Waals surface area (Å²) in [6.07, 6.45) is 2.34. The van der Waals surface area contributed by atoms with E-state index in [1.54, 1.807) is 6.07 Å². The van der Waals surface area contributed by atoms with Crippen molar-refractivity contribution in [1.29, 1.82) is 0 Å².